The van der Waals surface area contributed by atoms with Crippen LogP contribution in [0.15, 0.2) is 30.3 Å². The number of aryl methyl sites for hydroxylation is 2. The van der Waals surface area contributed by atoms with Crippen molar-refractivity contribution >= 4 is 12.0 Å². The molecule has 1 aromatic heterocycles. The molecule has 0 aliphatic carbocycles. The minimum absolute atomic E-state index is 0.149. The summed E-state index contributed by atoms with van der Waals surface area (Å²) >= 11 is 0. The van der Waals surface area contributed by atoms with Crippen molar-refractivity contribution in [3.63, 3.8) is 0 Å². The lowest BCUT2D eigenvalue weighted by atomic mass is 10.2. The molecule has 0 saturated heterocycles. The molecular weight excluding hydrogens is 294 g/mol. The SMILES string of the molecule is CCn1nc(C)cc1CNC(=O)C=Cc1ccc2c(c1)OCO2. The van der Waals surface area contributed by atoms with Crippen LogP contribution >= 0.6 is 0 Å². The molecule has 1 aromatic carbocycles. The van der Waals surface area contributed by atoms with E-state index in [2.05, 4.69) is 10.4 Å². The first-order valence-corrected chi connectivity index (χ1v) is 7.54. The van der Waals surface area contributed by atoms with Gasteiger partial charge in [-0.25, -0.2) is 0 Å². The lowest BCUT2D eigenvalue weighted by molar-refractivity contribution is -0.116. The van der Waals surface area contributed by atoms with Crippen molar-refractivity contribution in [3.8, 4) is 11.5 Å². The van der Waals surface area contributed by atoms with Gasteiger partial charge in [0.15, 0.2) is 11.5 Å². The van der Waals surface area contributed by atoms with Gasteiger partial charge in [0.1, 0.15) is 0 Å². The van der Waals surface area contributed by atoms with Gasteiger partial charge in [-0.05, 0) is 43.7 Å². The van der Waals surface area contributed by atoms with Crippen molar-refractivity contribution in [2.75, 3.05) is 6.79 Å². The standard InChI is InChI=1S/C17H19N3O3/c1-3-20-14(8-12(2)19-20)10-18-17(21)7-5-13-4-6-15-16(9-13)23-11-22-15/h4-9H,3,10-11H2,1-2H3,(H,18,21). The number of rotatable bonds is 5. The van der Waals surface area contributed by atoms with Gasteiger partial charge in [-0.1, -0.05) is 6.07 Å². The van der Waals surface area contributed by atoms with Crippen molar-refractivity contribution in [2.24, 2.45) is 0 Å². The van der Waals surface area contributed by atoms with E-state index in [-0.39, 0.29) is 12.7 Å². The van der Waals surface area contributed by atoms with Crippen LogP contribution in [0.3, 0.4) is 0 Å². The number of benzene rings is 1. The second-order valence-electron chi connectivity index (χ2n) is 5.26. The molecule has 1 N–H and O–H groups in total. The van der Waals surface area contributed by atoms with E-state index < -0.39 is 0 Å². The molecule has 1 amide bonds. The first-order valence-electron chi connectivity index (χ1n) is 7.54. The molecule has 0 fully saturated rings. The van der Waals surface area contributed by atoms with Gasteiger partial charge >= 0.3 is 0 Å². The number of amides is 1. The van der Waals surface area contributed by atoms with E-state index in [1.807, 2.05) is 42.8 Å². The van der Waals surface area contributed by atoms with Gasteiger partial charge in [-0.2, -0.15) is 5.10 Å². The van der Waals surface area contributed by atoms with E-state index in [1.165, 1.54) is 6.08 Å². The van der Waals surface area contributed by atoms with Crippen LogP contribution in [-0.4, -0.2) is 22.5 Å². The maximum absolute atomic E-state index is 11.9. The first-order chi connectivity index (χ1) is 11.2. The van der Waals surface area contributed by atoms with E-state index in [1.54, 1.807) is 6.08 Å². The molecule has 2 heterocycles. The van der Waals surface area contributed by atoms with Gasteiger partial charge < -0.3 is 14.8 Å². The van der Waals surface area contributed by atoms with Crippen molar-refractivity contribution < 1.29 is 14.3 Å². The zero-order chi connectivity index (χ0) is 16.2. The summed E-state index contributed by atoms with van der Waals surface area (Å²) in [4.78, 5) is 11.9. The summed E-state index contributed by atoms with van der Waals surface area (Å²) in [7, 11) is 0. The number of fused-ring (bicyclic) bond motifs is 1. The fraction of sp³-hybridized carbons (Fsp3) is 0.294. The molecule has 1 aliphatic rings. The minimum Gasteiger partial charge on any atom is -0.454 e. The highest BCUT2D eigenvalue weighted by molar-refractivity contribution is 5.91. The smallest absolute Gasteiger partial charge is 0.244 e. The lowest BCUT2D eigenvalue weighted by Gasteiger charge is -2.05. The number of carbonyl (C=O) groups excluding carboxylic acids is 1. The molecule has 0 spiro atoms. The third kappa shape index (κ3) is 3.53. The summed E-state index contributed by atoms with van der Waals surface area (Å²) in [5, 5.41) is 7.22. The van der Waals surface area contributed by atoms with Crippen molar-refractivity contribution in [1.29, 1.82) is 0 Å². The van der Waals surface area contributed by atoms with E-state index in [0.717, 1.165) is 29.2 Å². The molecule has 0 bridgehead atoms. The van der Waals surface area contributed by atoms with Crippen LogP contribution in [0.5, 0.6) is 11.5 Å². The largest absolute Gasteiger partial charge is 0.454 e. The summed E-state index contributed by atoms with van der Waals surface area (Å²) in [5.41, 5.74) is 2.83. The highest BCUT2D eigenvalue weighted by Crippen LogP contribution is 2.32. The molecule has 23 heavy (non-hydrogen) atoms. The van der Waals surface area contributed by atoms with Crippen LogP contribution in [-0.2, 0) is 17.9 Å². The summed E-state index contributed by atoms with van der Waals surface area (Å²) in [6.07, 6.45) is 3.26. The number of hydrogen-bond acceptors (Lipinski definition) is 4. The van der Waals surface area contributed by atoms with Crippen LogP contribution < -0.4 is 14.8 Å². The third-order valence-electron chi connectivity index (χ3n) is 3.55. The Kier molecular flexibility index (Phi) is 4.32. The van der Waals surface area contributed by atoms with E-state index in [0.29, 0.717) is 12.3 Å². The number of ether oxygens (including phenoxy) is 2. The Morgan fingerprint density at radius 1 is 1.35 bits per heavy atom. The Morgan fingerprint density at radius 2 is 2.17 bits per heavy atom. The maximum Gasteiger partial charge on any atom is 0.244 e. The first kappa shape index (κ1) is 15.1. The summed E-state index contributed by atoms with van der Waals surface area (Å²) in [6.45, 7) is 5.45. The Morgan fingerprint density at radius 3 is 3.00 bits per heavy atom. The molecular formula is C17H19N3O3. The average Bonchev–Trinajstić information content (AvgIpc) is 3.16. The Labute approximate surface area is 134 Å². The number of nitrogens with zero attached hydrogens (tertiary/aromatic N) is 2. The third-order valence-corrected chi connectivity index (χ3v) is 3.55. The number of carbonyl (C=O) groups is 1. The zero-order valence-electron chi connectivity index (χ0n) is 13.2. The van der Waals surface area contributed by atoms with Gasteiger partial charge in [0, 0.05) is 12.6 Å². The van der Waals surface area contributed by atoms with Crippen molar-refractivity contribution in [1.82, 2.24) is 15.1 Å². The Balaban J connectivity index is 1.58. The van der Waals surface area contributed by atoms with Crippen molar-refractivity contribution in [3.05, 3.63) is 47.3 Å². The average molecular weight is 313 g/mol. The number of nitrogens with one attached hydrogen (secondary N) is 1. The van der Waals surface area contributed by atoms with Gasteiger partial charge in [-0.15, -0.1) is 0 Å². The fourth-order valence-electron chi connectivity index (χ4n) is 2.44. The van der Waals surface area contributed by atoms with Crippen LogP contribution in [0.4, 0.5) is 0 Å². The zero-order valence-corrected chi connectivity index (χ0v) is 13.2. The maximum atomic E-state index is 11.9. The molecule has 6 heteroatoms. The quantitative estimate of drug-likeness (QED) is 0.860. The molecule has 0 atom stereocenters. The molecule has 120 valence electrons. The summed E-state index contributed by atoms with van der Waals surface area (Å²) in [6, 6.07) is 7.54. The van der Waals surface area contributed by atoms with Crippen molar-refractivity contribution in [2.45, 2.75) is 26.9 Å². The molecule has 6 nitrogen and oxygen atoms in total. The second kappa shape index (κ2) is 6.56. The van der Waals surface area contributed by atoms with Crippen LogP contribution in [0, 0.1) is 6.92 Å². The van der Waals surface area contributed by atoms with Crippen LogP contribution in [0.25, 0.3) is 6.08 Å². The number of aromatic nitrogens is 2. The molecule has 2 aromatic rings. The minimum atomic E-state index is -0.149. The highest BCUT2D eigenvalue weighted by Gasteiger charge is 2.12. The predicted molar refractivity (Wildman–Crippen MR) is 86.1 cm³/mol. The molecule has 0 radical (unpaired) electrons. The number of hydrogen-bond donors (Lipinski definition) is 1. The lowest BCUT2D eigenvalue weighted by Crippen LogP contribution is -2.22. The van der Waals surface area contributed by atoms with Crippen LogP contribution in [0.1, 0.15) is 23.9 Å². The van der Waals surface area contributed by atoms with Gasteiger partial charge in [-0.3, -0.25) is 9.48 Å². The Bertz CT molecular complexity index is 750. The molecule has 3 rings (SSSR count). The topological polar surface area (TPSA) is 65.4 Å². The van der Waals surface area contributed by atoms with Gasteiger partial charge in [0.05, 0.1) is 17.9 Å². The molecule has 1 aliphatic heterocycles. The van der Waals surface area contributed by atoms with Gasteiger partial charge in [0.2, 0.25) is 12.7 Å². The summed E-state index contributed by atoms with van der Waals surface area (Å²) in [5.74, 6) is 1.29. The molecule has 0 saturated carbocycles. The second-order valence-corrected chi connectivity index (χ2v) is 5.26. The van der Waals surface area contributed by atoms with E-state index >= 15 is 0 Å². The molecule has 0 unspecified atom stereocenters. The fourth-order valence-corrected chi connectivity index (χ4v) is 2.44. The van der Waals surface area contributed by atoms with E-state index in [4.69, 9.17) is 9.47 Å². The Hall–Kier alpha value is -2.76. The van der Waals surface area contributed by atoms with Crippen LogP contribution in [0.2, 0.25) is 0 Å². The highest BCUT2D eigenvalue weighted by atomic mass is 16.7. The monoisotopic (exact) mass is 313 g/mol. The van der Waals surface area contributed by atoms with E-state index in [9.17, 15) is 4.79 Å². The predicted octanol–water partition coefficient (Wildman–Crippen LogP) is 2.27. The summed E-state index contributed by atoms with van der Waals surface area (Å²) < 4.78 is 12.5. The normalized spacial score (nSPS) is 12.8. The van der Waals surface area contributed by atoms with Gasteiger partial charge in [0.25, 0.3) is 0 Å².